The molecular weight excluding hydrogens is 1340 g/mol. The van der Waals surface area contributed by atoms with Gasteiger partial charge in [0, 0.05) is 69.3 Å². The maximum Gasteiger partial charge on any atom is 0.250 e. The predicted molar refractivity (Wildman–Crippen MR) is 366 cm³/mol. The van der Waals surface area contributed by atoms with Crippen molar-refractivity contribution in [2.45, 2.75) is 46.7 Å². The maximum absolute atomic E-state index is 10.7. The zero-order chi connectivity index (χ0) is 67.4. The van der Waals surface area contributed by atoms with Gasteiger partial charge in [0.1, 0.15) is 46.2 Å². The number of hydrogen-bond donors (Lipinski definition) is 6. The van der Waals surface area contributed by atoms with Crippen molar-refractivity contribution in [3.05, 3.63) is 178 Å². The van der Waals surface area contributed by atoms with E-state index in [1.54, 1.807) is 123 Å². The molecule has 27 nitrogen and oxygen atoms in total. The number of aromatic hydroxyl groups is 5. The SMILES string of the molecule is CSc1nsc(N=Nc2ccc(O)c(Cl)c2)n1.Cc1cc(N=Nc2ccnn2C)ccc1O.Cc1cc(N=Nc2snc3ccc(NS(=O)[O-])cc23)ccc1O.Cc1nsc(N=Nc2cc(C)c(O)c(C)c2)n1.Cc1nsc(N=Nc2ccc(O)c3ccccc23)c1C#N. The highest BCUT2D eigenvalue weighted by Gasteiger charge is 2.12. The van der Waals surface area contributed by atoms with E-state index in [4.69, 9.17) is 16.9 Å². The lowest BCUT2D eigenvalue weighted by Gasteiger charge is -2.07. The lowest BCUT2D eigenvalue weighted by Crippen LogP contribution is -2.01. The van der Waals surface area contributed by atoms with Crippen LogP contribution >= 0.6 is 69.5 Å². The van der Waals surface area contributed by atoms with Gasteiger partial charge in [0.2, 0.25) is 15.4 Å². The summed E-state index contributed by atoms with van der Waals surface area (Å²) in [7, 11) is 1.80. The summed E-state index contributed by atoms with van der Waals surface area (Å²) in [6.07, 6.45) is 3.55. The summed E-state index contributed by atoms with van der Waals surface area (Å²) >= 11 is 9.51. The van der Waals surface area contributed by atoms with Crippen LogP contribution in [0.3, 0.4) is 0 Å². The van der Waals surface area contributed by atoms with Gasteiger partial charge in [-0.2, -0.15) is 32.8 Å². The zero-order valence-electron chi connectivity index (χ0n) is 50.6. The second-order valence-electron chi connectivity index (χ2n) is 19.3. The Balaban J connectivity index is 0.000000152. The summed E-state index contributed by atoms with van der Waals surface area (Å²) in [6.45, 7) is 10.8. The van der Waals surface area contributed by atoms with Crippen LogP contribution in [0.2, 0.25) is 5.02 Å². The van der Waals surface area contributed by atoms with Gasteiger partial charge in [-0.25, -0.2) is 9.67 Å². The Kier molecular flexibility index (Phi) is 24.7. The van der Waals surface area contributed by atoms with E-state index in [-0.39, 0.29) is 28.0 Å². The number of benzene rings is 7. The molecule has 5 heterocycles. The number of phenolic OH excluding ortho intramolecular Hbond substituents is 5. The van der Waals surface area contributed by atoms with Crippen LogP contribution in [-0.4, -0.2) is 77.8 Å². The fourth-order valence-corrected chi connectivity index (χ4v) is 11.1. The van der Waals surface area contributed by atoms with Crippen LogP contribution < -0.4 is 4.72 Å². The van der Waals surface area contributed by atoms with Crippen LogP contribution in [0.1, 0.15) is 39.3 Å². The number of nitrogens with one attached hydrogen (secondary N) is 1. The maximum atomic E-state index is 10.7. The molecule has 12 rings (SSSR count). The lowest BCUT2D eigenvalue weighted by molar-refractivity contribution is 0.467. The standard InChI is InChI=1S/C15H10N4OS.C14H12N4O3S2.C11H12N4OS.C11H12N4O.C9H7ClN4OS2/c1-9-12(8-16)15(21-19-9)18-17-13-6-7-14(20)11-5-3-2-4-10(11)13;1-8-6-9(3-5-13(8)19)15-16-14-11-7-10(18-23(20)21)2-4-12(11)17-22-14;1-6-4-9(5-7(2)10(6)16)13-14-11-12-8(3)15-17-11;1-8-7-9(3-4-10(8)16)13-14-11-5-6-12-15(11)2;1-16-9-11-8(17-14-9)13-12-5-2-3-7(15)6(10)4-5/h2-7,20H,1H3;2-7,18-19H,1H3,(H,20,21);4-5,16H,1-3H3;3-7,16H,1-2H3;2-4,15H,1H3/p-1. The van der Waals surface area contributed by atoms with E-state index >= 15 is 0 Å². The molecule has 1 unspecified atom stereocenters. The molecule has 0 spiro atoms. The van der Waals surface area contributed by atoms with Gasteiger partial charge >= 0.3 is 0 Å². The molecule has 0 bridgehead atoms. The Morgan fingerprint density at radius 1 is 0.574 bits per heavy atom. The van der Waals surface area contributed by atoms with Crippen molar-refractivity contribution >= 4 is 163 Å². The van der Waals surface area contributed by atoms with Crippen molar-refractivity contribution in [2.75, 3.05) is 11.0 Å². The molecule has 0 saturated heterocycles. The number of hydrogen-bond acceptors (Lipinski definition) is 30. The minimum absolute atomic E-state index is 0.0196. The highest BCUT2D eigenvalue weighted by atomic mass is 35.5. The molecular formula is C60H52ClN20O7S6-. The van der Waals surface area contributed by atoms with E-state index in [0.717, 1.165) is 39.0 Å². The number of azo groups is 5. The van der Waals surface area contributed by atoms with Crippen LogP contribution in [0, 0.1) is 52.9 Å². The van der Waals surface area contributed by atoms with Crippen LogP contribution in [0.25, 0.3) is 21.7 Å². The van der Waals surface area contributed by atoms with Gasteiger partial charge in [-0.1, -0.05) is 47.6 Å². The minimum atomic E-state index is -2.39. The number of rotatable bonds is 13. The van der Waals surface area contributed by atoms with E-state index in [1.165, 1.54) is 58.5 Å². The Labute approximate surface area is 564 Å². The molecule has 1 atom stereocenters. The summed E-state index contributed by atoms with van der Waals surface area (Å²) in [4.78, 5) is 8.20. The van der Waals surface area contributed by atoms with Crippen molar-refractivity contribution in [3.8, 4) is 34.8 Å². The first-order chi connectivity index (χ1) is 45.1. The van der Waals surface area contributed by atoms with Crippen LogP contribution in [0.4, 0.5) is 60.2 Å². The molecule has 12 aromatic rings. The normalized spacial score (nSPS) is 11.5. The average Bonchev–Trinajstić information content (AvgIpc) is 1.62. The van der Waals surface area contributed by atoms with Gasteiger partial charge in [0.25, 0.3) is 0 Å². The number of fused-ring (bicyclic) bond motifs is 2. The minimum Gasteiger partial charge on any atom is -0.755 e. The van der Waals surface area contributed by atoms with Crippen LogP contribution in [-0.2, 0) is 18.3 Å². The van der Waals surface area contributed by atoms with E-state index < -0.39 is 11.3 Å². The van der Waals surface area contributed by atoms with E-state index in [9.17, 15) is 34.3 Å². The predicted octanol–water partition coefficient (Wildman–Crippen LogP) is 19.0. The molecule has 0 aliphatic heterocycles. The van der Waals surface area contributed by atoms with Crippen molar-refractivity contribution in [1.29, 1.82) is 5.26 Å². The number of anilines is 1. The van der Waals surface area contributed by atoms with E-state index in [2.05, 4.69) is 94.5 Å². The van der Waals surface area contributed by atoms with Crippen molar-refractivity contribution in [3.63, 3.8) is 0 Å². The molecule has 0 radical (unpaired) electrons. The van der Waals surface area contributed by atoms with E-state index in [1.807, 2.05) is 58.2 Å². The Bertz CT molecular complexity index is 4840. The summed E-state index contributed by atoms with van der Waals surface area (Å²) in [6, 6.07) is 37.7. The average molecular weight is 1390 g/mol. The number of aromatic nitrogens is 8. The van der Waals surface area contributed by atoms with Gasteiger partial charge in [-0.15, -0.1) is 51.1 Å². The monoisotopic (exact) mass is 1390 g/mol. The van der Waals surface area contributed by atoms with Crippen molar-refractivity contribution < 1.29 is 34.3 Å². The quantitative estimate of drug-likeness (QED) is 0.0355. The zero-order valence-corrected chi connectivity index (χ0v) is 56.2. The third-order valence-electron chi connectivity index (χ3n) is 12.4. The first kappa shape index (κ1) is 69.6. The largest absolute Gasteiger partial charge is 0.755 e. The molecule has 478 valence electrons. The molecule has 0 aliphatic rings. The first-order valence-electron chi connectivity index (χ1n) is 27.1. The third kappa shape index (κ3) is 19.6. The second kappa shape index (κ2) is 33.3. The summed E-state index contributed by atoms with van der Waals surface area (Å²) in [5.41, 5.74) is 8.52. The van der Waals surface area contributed by atoms with Gasteiger partial charge < -0.3 is 34.8 Å². The summed E-state index contributed by atoms with van der Waals surface area (Å²) in [5, 5.41) is 107. The number of halogens is 1. The Hall–Kier alpha value is -10.3. The second-order valence-corrected chi connectivity index (χ2v) is 24.1. The third-order valence-corrected chi connectivity index (χ3v) is 16.7. The smallest absolute Gasteiger partial charge is 0.250 e. The lowest BCUT2D eigenvalue weighted by atomic mass is 10.1. The van der Waals surface area contributed by atoms with Crippen LogP contribution in [0.5, 0.6) is 28.7 Å². The highest BCUT2D eigenvalue weighted by molar-refractivity contribution is 7.98. The number of thioether (sulfide) groups is 1. The van der Waals surface area contributed by atoms with Gasteiger partial charge in [-0.3, -0.25) is 4.21 Å². The highest BCUT2D eigenvalue weighted by Crippen LogP contribution is 2.38. The Morgan fingerprint density at radius 2 is 1.15 bits per heavy atom. The number of aryl methyl sites for hydroxylation is 7. The molecule has 6 N–H and O–H groups in total. The molecule has 94 heavy (non-hydrogen) atoms. The fourth-order valence-electron chi connectivity index (χ4n) is 7.65. The van der Waals surface area contributed by atoms with Crippen molar-refractivity contribution in [2.24, 2.45) is 58.2 Å². The number of nitrogens with zero attached hydrogens (tertiary/aromatic N) is 19. The number of nitriles is 1. The molecule has 0 saturated carbocycles. The van der Waals surface area contributed by atoms with Crippen molar-refractivity contribution in [1.82, 2.24) is 37.2 Å². The van der Waals surface area contributed by atoms with Gasteiger partial charge in [0.05, 0.1) is 50.9 Å². The number of phenols is 5. The topological polar surface area (TPSA) is 396 Å². The molecule has 34 heteroatoms. The van der Waals surface area contributed by atoms with Gasteiger partial charge in [0.15, 0.2) is 15.8 Å². The molecule has 5 aromatic heterocycles. The Morgan fingerprint density at radius 3 is 1.74 bits per heavy atom. The van der Waals surface area contributed by atoms with Gasteiger partial charge in [-0.05, 0) is 190 Å². The summed E-state index contributed by atoms with van der Waals surface area (Å²) < 4.78 is 41.8. The first-order valence-corrected chi connectivity index (χ1v) is 32.9. The van der Waals surface area contributed by atoms with Crippen LogP contribution in [0.15, 0.2) is 190 Å². The fraction of sp³-hybridized carbons (Fsp3) is 0.133. The molecule has 7 aromatic carbocycles. The summed E-state index contributed by atoms with van der Waals surface area (Å²) in [5.74, 6) is 2.37. The molecule has 0 aliphatic carbocycles. The molecule has 0 amide bonds. The van der Waals surface area contributed by atoms with E-state index in [0.29, 0.717) is 105 Å². The molecule has 0 fully saturated rings.